The second-order valence-electron chi connectivity index (χ2n) is 4.12. The van der Waals surface area contributed by atoms with Crippen molar-refractivity contribution in [3.05, 3.63) is 56.6 Å². The highest BCUT2D eigenvalue weighted by atomic mass is 32.1. The average molecular weight is 292 g/mol. The molecule has 0 radical (unpaired) electrons. The zero-order valence-electron chi connectivity index (χ0n) is 10.6. The van der Waals surface area contributed by atoms with Crippen molar-refractivity contribution in [2.24, 2.45) is 7.05 Å². The summed E-state index contributed by atoms with van der Waals surface area (Å²) in [5, 5.41) is 13.3. The van der Waals surface area contributed by atoms with Crippen molar-refractivity contribution < 1.29 is 14.7 Å². The van der Waals surface area contributed by atoms with Gasteiger partial charge in [-0.2, -0.15) is 0 Å². The van der Waals surface area contributed by atoms with Crippen LogP contribution in [0.1, 0.15) is 21.3 Å². The number of amides is 1. The van der Waals surface area contributed by atoms with Gasteiger partial charge in [-0.25, -0.2) is 4.79 Å². The number of carbonyl (C=O) groups is 2. The second kappa shape index (κ2) is 5.70. The lowest BCUT2D eigenvalue weighted by molar-refractivity contribution is -0.139. The van der Waals surface area contributed by atoms with Crippen LogP contribution in [0.15, 0.2) is 40.6 Å². The van der Waals surface area contributed by atoms with Crippen molar-refractivity contribution >= 4 is 23.2 Å². The van der Waals surface area contributed by atoms with Crippen LogP contribution in [0.4, 0.5) is 0 Å². The van der Waals surface area contributed by atoms with Crippen LogP contribution in [0.25, 0.3) is 0 Å². The van der Waals surface area contributed by atoms with Crippen molar-refractivity contribution in [3.63, 3.8) is 0 Å². The molecule has 2 N–H and O–H groups in total. The molecule has 7 heteroatoms. The van der Waals surface area contributed by atoms with E-state index in [0.717, 1.165) is 0 Å². The number of carboxylic acid groups (broad SMARTS) is 1. The van der Waals surface area contributed by atoms with Crippen molar-refractivity contribution in [3.8, 4) is 0 Å². The average Bonchev–Trinajstić information content (AvgIpc) is 2.92. The van der Waals surface area contributed by atoms with Gasteiger partial charge in [0.2, 0.25) is 0 Å². The fraction of sp³-hybridized carbons (Fsp3) is 0.154. The molecule has 2 heterocycles. The van der Waals surface area contributed by atoms with Crippen molar-refractivity contribution in [2.45, 2.75) is 6.04 Å². The van der Waals surface area contributed by atoms with Crippen LogP contribution < -0.4 is 10.9 Å². The summed E-state index contributed by atoms with van der Waals surface area (Å²) in [6, 6.07) is 4.85. The Hall–Kier alpha value is -2.41. The normalized spacial score (nSPS) is 11.8. The largest absolute Gasteiger partial charge is 0.479 e. The van der Waals surface area contributed by atoms with E-state index < -0.39 is 17.9 Å². The van der Waals surface area contributed by atoms with Gasteiger partial charge in [0.25, 0.3) is 11.5 Å². The van der Waals surface area contributed by atoms with E-state index in [4.69, 9.17) is 5.11 Å². The van der Waals surface area contributed by atoms with Gasteiger partial charge in [-0.05, 0) is 17.5 Å². The zero-order valence-corrected chi connectivity index (χ0v) is 11.4. The van der Waals surface area contributed by atoms with Crippen molar-refractivity contribution in [2.75, 3.05) is 0 Å². The number of carbonyl (C=O) groups excluding carboxylic acids is 1. The molecule has 0 spiro atoms. The minimum absolute atomic E-state index is 0.135. The maximum Gasteiger partial charge on any atom is 0.331 e. The molecule has 104 valence electrons. The summed E-state index contributed by atoms with van der Waals surface area (Å²) >= 11 is 1.24. The number of aryl methyl sites for hydroxylation is 1. The molecule has 0 fully saturated rings. The monoisotopic (exact) mass is 292 g/mol. The molecule has 0 aliphatic carbocycles. The van der Waals surface area contributed by atoms with Gasteiger partial charge in [0, 0.05) is 29.8 Å². The van der Waals surface area contributed by atoms with E-state index in [0.29, 0.717) is 4.88 Å². The Morgan fingerprint density at radius 2 is 2.15 bits per heavy atom. The number of pyridine rings is 1. The highest BCUT2D eigenvalue weighted by molar-refractivity contribution is 7.10. The minimum Gasteiger partial charge on any atom is -0.479 e. The first-order chi connectivity index (χ1) is 9.49. The van der Waals surface area contributed by atoms with Crippen LogP contribution in [-0.4, -0.2) is 21.6 Å². The summed E-state index contributed by atoms with van der Waals surface area (Å²) in [6.45, 7) is 0. The van der Waals surface area contributed by atoms with Gasteiger partial charge in [0.1, 0.15) is 0 Å². The number of thiophene rings is 1. The van der Waals surface area contributed by atoms with Crippen LogP contribution >= 0.6 is 11.3 Å². The third-order valence-corrected chi connectivity index (χ3v) is 3.65. The number of carboxylic acids is 1. The van der Waals surface area contributed by atoms with Crippen LogP contribution in [0.2, 0.25) is 0 Å². The zero-order chi connectivity index (χ0) is 14.7. The van der Waals surface area contributed by atoms with Gasteiger partial charge in [0.05, 0.1) is 0 Å². The second-order valence-corrected chi connectivity index (χ2v) is 5.10. The quantitative estimate of drug-likeness (QED) is 0.880. The SMILES string of the molecule is Cn1ccc(C(=O)NC(C(=O)O)c2cccs2)cc1=O. The number of aromatic nitrogens is 1. The maximum absolute atomic E-state index is 12.0. The molecule has 1 unspecified atom stereocenters. The maximum atomic E-state index is 12.0. The van der Waals surface area contributed by atoms with Gasteiger partial charge < -0.3 is 15.0 Å². The van der Waals surface area contributed by atoms with E-state index in [-0.39, 0.29) is 11.1 Å². The molecule has 1 amide bonds. The van der Waals surface area contributed by atoms with E-state index >= 15 is 0 Å². The Morgan fingerprint density at radius 1 is 1.40 bits per heavy atom. The van der Waals surface area contributed by atoms with Crippen LogP contribution in [-0.2, 0) is 11.8 Å². The molecule has 0 saturated carbocycles. The molecule has 0 aliphatic rings. The number of nitrogens with zero attached hydrogens (tertiary/aromatic N) is 1. The third-order valence-electron chi connectivity index (χ3n) is 2.72. The van der Waals surface area contributed by atoms with Gasteiger partial charge in [-0.15, -0.1) is 11.3 Å². The van der Waals surface area contributed by atoms with Gasteiger partial charge in [-0.1, -0.05) is 6.07 Å². The molecule has 0 aromatic carbocycles. The van der Waals surface area contributed by atoms with E-state index in [1.54, 1.807) is 24.6 Å². The van der Waals surface area contributed by atoms with Crippen LogP contribution in [0.5, 0.6) is 0 Å². The Kier molecular flexibility index (Phi) is 3.99. The number of nitrogens with one attached hydrogen (secondary N) is 1. The van der Waals surface area contributed by atoms with Gasteiger partial charge in [0.15, 0.2) is 6.04 Å². The van der Waals surface area contributed by atoms with E-state index in [9.17, 15) is 14.4 Å². The lowest BCUT2D eigenvalue weighted by atomic mass is 10.2. The van der Waals surface area contributed by atoms with E-state index in [1.807, 2.05) is 0 Å². The van der Waals surface area contributed by atoms with Crippen molar-refractivity contribution in [1.29, 1.82) is 0 Å². The van der Waals surface area contributed by atoms with E-state index in [1.165, 1.54) is 34.2 Å². The topological polar surface area (TPSA) is 88.4 Å². The Morgan fingerprint density at radius 3 is 2.70 bits per heavy atom. The highest BCUT2D eigenvalue weighted by Gasteiger charge is 2.23. The lowest BCUT2D eigenvalue weighted by Crippen LogP contribution is -2.34. The Bertz CT molecular complexity index is 691. The predicted octanol–water partition coefficient (Wildman–Crippen LogP) is 1.00. The standard InChI is InChI=1S/C13H12N2O4S/c1-15-5-4-8(7-10(15)16)12(17)14-11(13(18)19)9-3-2-6-20-9/h2-7,11H,1H3,(H,14,17)(H,18,19). The van der Waals surface area contributed by atoms with Gasteiger partial charge >= 0.3 is 5.97 Å². The molecule has 20 heavy (non-hydrogen) atoms. The molecule has 1 atom stereocenters. The molecule has 0 saturated heterocycles. The summed E-state index contributed by atoms with van der Waals surface area (Å²) in [4.78, 5) is 35.2. The third kappa shape index (κ3) is 2.94. The number of hydrogen-bond acceptors (Lipinski definition) is 4. The van der Waals surface area contributed by atoms with E-state index in [2.05, 4.69) is 5.32 Å². The van der Waals surface area contributed by atoms with Crippen LogP contribution in [0, 0.1) is 0 Å². The summed E-state index contributed by atoms with van der Waals surface area (Å²) in [7, 11) is 1.57. The molecule has 0 aliphatic heterocycles. The molecule has 6 nitrogen and oxygen atoms in total. The highest BCUT2D eigenvalue weighted by Crippen LogP contribution is 2.19. The van der Waals surface area contributed by atoms with Crippen LogP contribution in [0.3, 0.4) is 0 Å². The Balaban J connectivity index is 2.23. The molecule has 2 rings (SSSR count). The summed E-state index contributed by atoms with van der Waals surface area (Å²) in [5.74, 6) is -1.74. The molecule has 2 aromatic heterocycles. The molecule has 2 aromatic rings. The number of aliphatic carboxylic acids is 1. The summed E-state index contributed by atoms with van der Waals surface area (Å²) < 4.78 is 1.32. The Labute approximate surface area is 118 Å². The fourth-order valence-corrected chi connectivity index (χ4v) is 2.38. The summed E-state index contributed by atoms with van der Waals surface area (Å²) in [6.07, 6.45) is 1.46. The number of rotatable bonds is 4. The van der Waals surface area contributed by atoms with Crippen molar-refractivity contribution in [1.82, 2.24) is 9.88 Å². The molecule has 0 bridgehead atoms. The minimum atomic E-state index is -1.15. The summed E-state index contributed by atoms with van der Waals surface area (Å²) in [5.41, 5.74) is -0.198. The predicted molar refractivity (Wildman–Crippen MR) is 73.8 cm³/mol. The number of hydrogen-bond donors (Lipinski definition) is 2. The molecular weight excluding hydrogens is 280 g/mol. The first-order valence-electron chi connectivity index (χ1n) is 5.73. The smallest absolute Gasteiger partial charge is 0.331 e. The fourth-order valence-electron chi connectivity index (χ4n) is 1.61. The first-order valence-corrected chi connectivity index (χ1v) is 6.61. The lowest BCUT2D eigenvalue weighted by Gasteiger charge is -2.13. The molecular formula is C13H12N2O4S. The van der Waals surface area contributed by atoms with Gasteiger partial charge in [-0.3, -0.25) is 9.59 Å². The first kappa shape index (κ1) is 14.0.